The molecule has 0 saturated carbocycles. The van der Waals surface area contributed by atoms with Gasteiger partial charge in [0.2, 0.25) is 0 Å². The van der Waals surface area contributed by atoms with E-state index in [-0.39, 0.29) is 0 Å². The van der Waals surface area contributed by atoms with Crippen molar-refractivity contribution in [3.8, 4) is 0 Å². The number of benzene rings is 6. The van der Waals surface area contributed by atoms with Crippen LogP contribution in [0.15, 0.2) is 146 Å². The van der Waals surface area contributed by atoms with Crippen LogP contribution in [-0.2, 0) is 0 Å². The van der Waals surface area contributed by atoms with E-state index in [0.717, 1.165) is 76.0 Å². The molecule has 13 rings (SSSR count). The Hall–Kier alpha value is -5.60. The van der Waals surface area contributed by atoms with Crippen LogP contribution in [0.5, 0.6) is 0 Å². The molecule has 0 atom stereocenters. The highest BCUT2D eigenvalue weighted by atomic mass is 14.6. The summed E-state index contributed by atoms with van der Waals surface area (Å²) in [6, 6.07) is 51.7. The Morgan fingerprint density at radius 3 is 0.682 bits per heavy atom. The average molecular weight is 567 g/mol. The molecule has 0 amide bonds. The van der Waals surface area contributed by atoms with Gasteiger partial charge < -0.3 is 11.5 Å². The molecular weight excluding hydrogens is 532 g/mol. The number of aryl methyl sites for hydroxylation is 2. The van der Waals surface area contributed by atoms with E-state index < -0.39 is 0 Å². The topological polar surface area (TPSA) is 52.0 Å². The second-order valence-electron chi connectivity index (χ2n) is 11.7. The highest BCUT2D eigenvalue weighted by Crippen LogP contribution is 2.30. The Kier molecular flexibility index (Phi) is 6.96. The Balaban J connectivity index is 1.52. The molecule has 0 aliphatic rings. The predicted molar refractivity (Wildman–Crippen MR) is 194 cm³/mol. The zero-order valence-electron chi connectivity index (χ0n) is 25.0. The third-order valence-electron chi connectivity index (χ3n) is 8.47. The maximum Gasteiger partial charge on any atom is 0.0473 e. The third-order valence-corrected chi connectivity index (χ3v) is 8.47. The maximum absolute atomic E-state index is 6.81. The first kappa shape index (κ1) is 27.2. The Morgan fingerprint density at radius 2 is 0.477 bits per heavy atom. The van der Waals surface area contributed by atoms with E-state index in [1.54, 1.807) is 0 Å². The highest BCUT2D eigenvalue weighted by Gasteiger charge is 2.04. The zero-order valence-corrected chi connectivity index (χ0v) is 25.0. The summed E-state index contributed by atoms with van der Waals surface area (Å²) in [5, 5.41) is 13.2. The highest BCUT2D eigenvalue weighted by molar-refractivity contribution is 6.07. The molecule has 0 aliphatic carbocycles. The molecular formula is C42H34N2. The molecule has 2 heteroatoms. The lowest BCUT2D eigenvalue weighted by Gasteiger charge is -2.06. The molecule has 0 heterocycles. The molecule has 0 aromatic heterocycles. The van der Waals surface area contributed by atoms with Gasteiger partial charge in [0.25, 0.3) is 0 Å². The molecule has 2 nitrogen and oxygen atoms in total. The average Bonchev–Trinajstić information content (AvgIpc) is 3.05. The summed E-state index contributed by atoms with van der Waals surface area (Å²) in [7, 11) is 0. The van der Waals surface area contributed by atoms with Crippen molar-refractivity contribution < 1.29 is 0 Å². The molecule has 44 heavy (non-hydrogen) atoms. The van der Waals surface area contributed by atoms with Crippen molar-refractivity contribution in [2.75, 3.05) is 11.5 Å². The normalized spacial score (nSPS) is 11.1. The van der Waals surface area contributed by atoms with Crippen molar-refractivity contribution in [3.63, 3.8) is 0 Å². The van der Waals surface area contributed by atoms with Crippen molar-refractivity contribution in [2.45, 2.75) is 13.8 Å². The monoisotopic (exact) mass is 566 g/mol. The van der Waals surface area contributed by atoms with Crippen LogP contribution in [0.3, 0.4) is 0 Å². The third kappa shape index (κ3) is 5.34. The van der Waals surface area contributed by atoms with Gasteiger partial charge in [-0.3, -0.25) is 0 Å². The van der Waals surface area contributed by atoms with Gasteiger partial charge in [-0.15, -0.1) is 0 Å². The van der Waals surface area contributed by atoms with Crippen LogP contribution in [0, 0.1) is 13.8 Å². The number of anilines is 2. The molecule has 0 radical (unpaired) electrons. The Morgan fingerprint density at radius 1 is 0.295 bits per heavy atom. The van der Waals surface area contributed by atoms with E-state index in [2.05, 4.69) is 159 Å². The molecule has 4 N–H and O–H groups in total. The molecule has 0 aliphatic heterocycles. The molecule has 13 aromatic carbocycles. The van der Waals surface area contributed by atoms with Crippen LogP contribution >= 0.6 is 0 Å². The molecule has 0 saturated heterocycles. The lowest BCUT2D eigenvalue weighted by molar-refractivity contribution is 1.52. The van der Waals surface area contributed by atoms with Crippen molar-refractivity contribution >= 4 is 76.0 Å². The molecule has 0 fully saturated rings. The quantitative estimate of drug-likeness (QED) is 0.179. The number of hydrogen-bond acceptors (Lipinski definition) is 2. The van der Waals surface area contributed by atoms with E-state index >= 15 is 0 Å². The lowest BCUT2D eigenvalue weighted by atomic mass is 10.0. The number of rotatable bonds is 0. The van der Waals surface area contributed by atoms with Crippen LogP contribution in [0.2, 0.25) is 0 Å². The van der Waals surface area contributed by atoms with Gasteiger partial charge in [-0.05, 0) is 92.3 Å². The fourth-order valence-electron chi connectivity index (χ4n) is 6.03. The minimum atomic E-state index is 0.796. The smallest absolute Gasteiger partial charge is 0.0473 e. The van der Waals surface area contributed by atoms with Gasteiger partial charge in [0.05, 0.1) is 0 Å². The van der Waals surface area contributed by atoms with Gasteiger partial charge in [-0.2, -0.15) is 0 Å². The van der Waals surface area contributed by atoms with Crippen LogP contribution < -0.4 is 11.5 Å². The van der Waals surface area contributed by atoms with Crippen LogP contribution in [-0.4, -0.2) is 0 Å². The minimum absolute atomic E-state index is 0.796. The molecule has 13 aromatic rings. The van der Waals surface area contributed by atoms with E-state index in [9.17, 15) is 0 Å². The first-order chi connectivity index (χ1) is 21.4. The fourth-order valence-corrected chi connectivity index (χ4v) is 6.03. The SMILES string of the molecule is Cc1cc2c(N)c(c1)c1ccc(ccc3ccc(cc3)c3cc(C)cc(c3N)c3ccc(ccc4ccc2cc4)cc3)cc1. The summed E-state index contributed by atoms with van der Waals surface area (Å²) in [5.74, 6) is 0. The van der Waals surface area contributed by atoms with E-state index in [4.69, 9.17) is 11.5 Å². The Labute approximate surface area is 257 Å². The zero-order chi connectivity index (χ0) is 30.2. The first-order valence-electron chi connectivity index (χ1n) is 15.0. The lowest BCUT2D eigenvalue weighted by Crippen LogP contribution is -1.89. The Bertz CT molecular complexity index is 2020. The predicted octanol–water partition coefficient (Wildman–Crippen LogP) is 11.2. The molecule has 0 unspecified atom stereocenters. The summed E-state index contributed by atoms with van der Waals surface area (Å²) in [6.45, 7) is 4.25. The fraction of sp³-hybridized carbons (Fsp3) is 0.0476. The second-order valence-corrected chi connectivity index (χ2v) is 11.7. The summed E-state index contributed by atoms with van der Waals surface area (Å²) in [4.78, 5) is 0. The molecule has 212 valence electrons. The van der Waals surface area contributed by atoms with E-state index in [1.165, 1.54) is 11.1 Å². The van der Waals surface area contributed by atoms with Gasteiger partial charge in [0.1, 0.15) is 0 Å². The van der Waals surface area contributed by atoms with Crippen molar-refractivity contribution in [1.82, 2.24) is 0 Å². The second kappa shape index (κ2) is 11.2. The standard InChI is InChI=1S/C42H34N2/c1-27-23-37-33-15-7-29(8-16-33)3-5-31-11-19-35(20-12-31)39-25-28(2)26-40(42(39)44)36-21-13-32(14-22-36)6-4-30-9-17-34(18-10-30)38(24-27)41(37)43/h3-26H,43-44H2,1-2H3. The van der Waals surface area contributed by atoms with Crippen molar-refractivity contribution in [1.29, 1.82) is 0 Å². The largest absolute Gasteiger partial charge is 0.398 e. The van der Waals surface area contributed by atoms with E-state index in [1.807, 2.05) is 0 Å². The van der Waals surface area contributed by atoms with Crippen LogP contribution in [0.1, 0.15) is 11.1 Å². The van der Waals surface area contributed by atoms with Crippen molar-refractivity contribution in [3.05, 3.63) is 157 Å². The van der Waals surface area contributed by atoms with Gasteiger partial charge >= 0.3 is 0 Å². The summed E-state index contributed by atoms with van der Waals surface area (Å²) >= 11 is 0. The van der Waals surface area contributed by atoms with Crippen LogP contribution in [0.4, 0.5) is 11.4 Å². The minimum Gasteiger partial charge on any atom is -0.398 e. The van der Waals surface area contributed by atoms with Gasteiger partial charge in [-0.1, -0.05) is 121 Å². The van der Waals surface area contributed by atoms with Crippen LogP contribution in [0.25, 0.3) is 64.6 Å². The van der Waals surface area contributed by atoms with Crippen molar-refractivity contribution in [2.24, 2.45) is 0 Å². The number of hydrogen-bond donors (Lipinski definition) is 2. The van der Waals surface area contributed by atoms with Gasteiger partial charge in [0.15, 0.2) is 0 Å². The summed E-state index contributed by atoms with van der Waals surface area (Å²) < 4.78 is 0. The molecule has 12 bridgehead atoms. The summed E-state index contributed by atoms with van der Waals surface area (Å²) in [5.41, 5.74) is 17.6. The van der Waals surface area contributed by atoms with Gasteiger partial charge in [-0.25, -0.2) is 0 Å². The van der Waals surface area contributed by atoms with Gasteiger partial charge in [0, 0.05) is 32.9 Å². The maximum atomic E-state index is 6.81. The number of nitrogens with two attached hydrogens (primary N) is 2. The summed E-state index contributed by atoms with van der Waals surface area (Å²) in [6.07, 6.45) is 0. The number of nitrogen functional groups attached to an aromatic ring is 2. The molecule has 0 spiro atoms. The first-order valence-corrected chi connectivity index (χ1v) is 15.0. The van der Waals surface area contributed by atoms with E-state index in [0.29, 0.717) is 0 Å².